The van der Waals surface area contributed by atoms with E-state index in [1.54, 1.807) is 0 Å². The molecule has 1 aliphatic rings. The number of carbonyl (C=O) groups excluding carboxylic acids is 1. The van der Waals surface area contributed by atoms with Crippen LogP contribution in [0.3, 0.4) is 0 Å². The van der Waals surface area contributed by atoms with Crippen LogP contribution >= 0.6 is 0 Å². The molecule has 0 radical (unpaired) electrons. The SMILES string of the molecule is O=C(NC[C@H]1CCC[C@@H](CO)C1)c1cccc(C(F)F)c1F. The smallest absolute Gasteiger partial charge is 0.266 e. The molecule has 1 fully saturated rings. The molecular formula is C16H20F3NO2. The molecule has 0 bridgehead atoms. The molecule has 22 heavy (non-hydrogen) atoms. The van der Waals surface area contributed by atoms with E-state index >= 15 is 0 Å². The van der Waals surface area contributed by atoms with Crippen LogP contribution in [0.4, 0.5) is 13.2 Å². The fraction of sp³-hybridized carbons (Fsp3) is 0.562. The molecule has 3 nitrogen and oxygen atoms in total. The van der Waals surface area contributed by atoms with Crippen LogP contribution in [-0.2, 0) is 0 Å². The molecule has 122 valence electrons. The number of alkyl halides is 2. The number of aliphatic hydroxyl groups is 1. The third kappa shape index (κ3) is 4.00. The van der Waals surface area contributed by atoms with E-state index in [0.717, 1.165) is 31.7 Å². The van der Waals surface area contributed by atoms with Crippen LogP contribution in [0.25, 0.3) is 0 Å². The summed E-state index contributed by atoms with van der Waals surface area (Å²) in [4.78, 5) is 12.0. The van der Waals surface area contributed by atoms with Crippen molar-refractivity contribution in [1.29, 1.82) is 0 Å². The van der Waals surface area contributed by atoms with Gasteiger partial charge in [-0.1, -0.05) is 18.6 Å². The first-order valence-corrected chi connectivity index (χ1v) is 7.48. The normalized spacial score (nSPS) is 21.9. The van der Waals surface area contributed by atoms with E-state index in [2.05, 4.69) is 5.32 Å². The number of aliphatic hydroxyl groups excluding tert-OH is 1. The number of amides is 1. The van der Waals surface area contributed by atoms with Gasteiger partial charge in [0.1, 0.15) is 5.82 Å². The van der Waals surface area contributed by atoms with Crippen LogP contribution in [0.15, 0.2) is 18.2 Å². The Labute approximate surface area is 127 Å². The Morgan fingerprint density at radius 2 is 2.05 bits per heavy atom. The van der Waals surface area contributed by atoms with E-state index in [1.807, 2.05) is 0 Å². The monoisotopic (exact) mass is 315 g/mol. The lowest BCUT2D eigenvalue weighted by Gasteiger charge is -2.28. The van der Waals surface area contributed by atoms with Crippen molar-refractivity contribution in [2.75, 3.05) is 13.2 Å². The van der Waals surface area contributed by atoms with Gasteiger partial charge >= 0.3 is 0 Å². The standard InChI is InChI=1S/C16H20F3NO2/c17-14-12(15(18)19)5-2-6-13(14)16(22)20-8-10-3-1-4-11(7-10)9-21/h2,5-6,10-11,15,21H,1,3-4,7-9H2,(H,20,22)/t10-,11+/m0/s1. The van der Waals surface area contributed by atoms with Gasteiger partial charge in [0.05, 0.1) is 11.1 Å². The second kappa shape index (κ2) is 7.63. The number of halogens is 3. The highest BCUT2D eigenvalue weighted by Crippen LogP contribution is 2.28. The topological polar surface area (TPSA) is 49.3 Å². The summed E-state index contributed by atoms with van der Waals surface area (Å²) in [6.45, 7) is 0.503. The minimum Gasteiger partial charge on any atom is -0.396 e. The molecule has 1 aromatic rings. The molecule has 2 atom stereocenters. The Balaban J connectivity index is 1.96. The molecular weight excluding hydrogens is 295 g/mol. The molecule has 0 unspecified atom stereocenters. The van der Waals surface area contributed by atoms with Crippen LogP contribution in [0.2, 0.25) is 0 Å². The molecule has 6 heteroatoms. The molecule has 0 aliphatic heterocycles. The van der Waals surface area contributed by atoms with Gasteiger partial charge in [0, 0.05) is 13.2 Å². The zero-order valence-corrected chi connectivity index (χ0v) is 12.2. The van der Waals surface area contributed by atoms with E-state index in [4.69, 9.17) is 0 Å². The predicted molar refractivity (Wildman–Crippen MR) is 76.2 cm³/mol. The van der Waals surface area contributed by atoms with Crippen LogP contribution in [0.5, 0.6) is 0 Å². The summed E-state index contributed by atoms with van der Waals surface area (Å²) >= 11 is 0. The summed E-state index contributed by atoms with van der Waals surface area (Å²) < 4.78 is 39.2. The van der Waals surface area contributed by atoms with Crippen molar-refractivity contribution in [3.05, 3.63) is 35.1 Å². The van der Waals surface area contributed by atoms with Crippen molar-refractivity contribution < 1.29 is 23.1 Å². The van der Waals surface area contributed by atoms with E-state index in [0.29, 0.717) is 6.54 Å². The van der Waals surface area contributed by atoms with Gasteiger partial charge in [-0.2, -0.15) is 0 Å². The van der Waals surface area contributed by atoms with Gasteiger partial charge in [0.25, 0.3) is 12.3 Å². The van der Waals surface area contributed by atoms with Crippen molar-refractivity contribution in [3.8, 4) is 0 Å². The molecule has 1 saturated carbocycles. The van der Waals surface area contributed by atoms with Gasteiger partial charge in [-0.3, -0.25) is 4.79 Å². The molecule has 1 amide bonds. The fourth-order valence-corrected chi connectivity index (χ4v) is 2.98. The molecule has 0 aromatic heterocycles. The number of rotatable bonds is 5. The second-order valence-electron chi connectivity index (χ2n) is 5.80. The Morgan fingerprint density at radius 3 is 2.73 bits per heavy atom. The van der Waals surface area contributed by atoms with E-state index < -0.39 is 23.7 Å². The van der Waals surface area contributed by atoms with Crippen molar-refractivity contribution in [1.82, 2.24) is 5.32 Å². The number of benzene rings is 1. The lowest BCUT2D eigenvalue weighted by atomic mass is 9.82. The Kier molecular flexibility index (Phi) is 5.83. The number of nitrogens with one attached hydrogen (secondary N) is 1. The summed E-state index contributed by atoms with van der Waals surface area (Å²) in [5, 5.41) is 11.8. The lowest BCUT2D eigenvalue weighted by molar-refractivity contribution is 0.0928. The molecule has 2 rings (SSSR count). The van der Waals surface area contributed by atoms with Gasteiger partial charge in [-0.15, -0.1) is 0 Å². The molecule has 1 aromatic carbocycles. The molecule has 0 spiro atoms. The number of carbonyl (C=O) groups is 1. The lowest BCUT2D eigenvalue weighted by Crippen LogP contribution is -2.33. The van der Waals surface area contributed by atoms with Crippen LogP contribution in [0.1, 0.15) is 48.0 Å². The molecule has 2 N–H and O–H groups in total. The molecule has 0 saturated heterocycles. The number of hydrogen-bond acceptors (Lipinski definition) is 2. The maximum atomic E-state index is 13.9. The van der Waals surface area contributed by atoms with Crippen molar-refractivity contribution in [2.24, 2.45) is 11.8 Å². The zero-order valence-electron chi connectivity index (χ0n) is 12.2. The van der Waals surface area contributed by atoms with Gasteiger partial charge in [0.15, 0.2) is 0 Å². The third-order valence-corrected chi connectivity index (χ3v) is 4.21. The van der Waals surface area contributed by atoms with Gasteiger partial charge in [-0.25, -0.2) is 13.2 Å². The fourth-order valence-electron chi connectivity index (χ4n) is 2.98. The summed E-state index contributed by atoms with van der Waals surface area (Å²) in [6.07, 6.45) is 0.774. The van der Waals surface area contributed by atoms with E-state index in [1.165, 1.54) is 12.1 Å². The average Bonchev–Trinajstić information content (AvgIpc) is 2.52. The highest BCUT2D eigenvalue weighted by molar-refractivity contribution is 5.94. The first kappa shape index (κ1) is 16.8. The van der Waals surface area contributed by atoms with Crippen LogP contribution < -0.4 is 5.32 Å². The highest BCUT2D eigenvalue weighted by Gasteiger charge is 2.23. The predicted octanol–water partition coefficient (Wildman–Crippen LogP) is 3.29. The largest absolute Gasteiger partial charge is 0.396 e. The van der Waals surface area contributed by atoms with Crippen LogP contribution in [0, 0.1) is 17.7 Å². The Hall–Kier alpha value is -1.56. The van der Waals surface area contributed by atoms with Crippen molar-refractivity contribution in [2.45, 2.75) is 32.1 Å². The van der Waals surface area contributed by atoms with Crippen molar-refractivity contribution >= 4 is 5.91 Å². The minimum absolute atomic E-state index is 0.134. The number of hydrogen-bond donors (Lipinski definition) is 2. The average molecular weight is 315 g/mol. The summed E-state index contributed by atoms with van der Waals surface area (Å²) in [5.41, 5.74) is -1.11. The first-order valence-electron chi connectivity index (χ1n) is 7.48. The van der Waals surface area contributed by atoms with E-state index in [-0.39, 0.29) is 24.0 Å². The van der Waals surface area contributed by atoms with Gasteiger partial charge in [0.2, 0.25) is 0 Å². The quantitative estimate of drug-likeness (QED) is 0.876. The van der Waals surface area contributed by atoms with Crippen LogP contribution in [-0.4, -0.2) is 24.2 Å². The minimum atomic E-state index is -2.95. The maximum Gasteiger partial charge on any atom is 0.266 e. The zero-order chi connectivity index (χ0) is 16.1. The van der Waals surface area contributed by atoms with Gasteiger partial charge in [-0.05, 0) is 37.2 Å². The highest BCUT2D eigenvalue weighted by atomic mass is 19.3. The van der Waals surface area contributed by atoms with Crippen molar-refractivity contribution in [3.63, 3.8) is 0 Å². The molecule has 1 aliphatic carbocycles. The first-order chi connectivity index (χ1) is 10.5. The third-order valence-electron chi connectivity index (χ3n) is 4.21. The summed E-state index contributed by atoms with van der Waals surface area (Å²) in [6, 6.07) is 3.43. The van der Waals surface area contributed by atoms with Gasteiger partial charge < -0.3 is 10.4 Å². The Bertz CT molecular complexity index is 522. The summed E-state index contributed by atoms with van der Waals surface area (Å²) in [7, 11) is 0. The second-order valence-corrected chi connectivity index (χ2v) is 5.80. The maximum absolute atomic E-state index is 13.9. The summed E-state index contributed by atoms with van der Waals surface area (Å²) in [5.74, 6) is -1.36. The Morgan fingerprint density at radius 1 is 1.32 bits per heavy atom. The van der Waals surface area contributed by atoms with E-state index in [9.17, 15) is 23.1 Å². The molecule has 0 heterocycles.